The zero-order valence-corrected chi connectivity index (χ0v) is 15.7. The minimum absolute atomic E-state index is 0.523. The Morgan fingerprint density at radius 1 is 1.25 bits per heavy atom. The Morgan fingerprint density at radius 3 is 2.71 bits per heavy atom. The monoisotopic (exact) mass is 334 g/mol. The lowest BCUT2D eigenvalue weighted by molar-refractivity contribution is 0.0426. The number of hydrogen-bond donors (Lipinski definition) is 0. The van der Waals surface area contributed by atoms with Crippen molar-refractivity contribution in [2.45, 2.75) is 38.6 Å². The summed E-state index contributed by atoms with van der Waals surface area (Å²) in [7, 11) is 4.33. The Labute approximate surface area is 146 Å². The molecular weight excluding hydrogens is 300 g/mol. The van der Waals surface area contributed by atoms with Crippen LogP contribution in [0.25, 0.3) is 0 Å². The molecule has 1 aromatic heterocycles. The number of aryl methyl sites for hydroxylation is 1. The molecule has 0 bridgehead atoms. The smallest absolute Gasteiger partial charge is 0.0537 e. The molecule has 2 fully saturated rings. The number of ether oxygens (including phenoxy) is 1. The van der Waals surface area contributed by atoms with Crippen molar-refractivity contribution in [1.29, 1.82) is 0 Å². The Balaban J connectivity index is 1.64. The quantitative estimate of drug-likeness (QED) is 0.800. The summed E-state index contributed by atoms with van der Waals surface area (Å²) in [6.07, 6.45) is 9.38. The van der Waals surface area contributed by atoms with Gasteiger partial charge in [0.25, 0.3) is 0 Å². The molecule has 2 atom stereocenters. The summed E-state index contributed by atoms with van der Waals surface area (Å²) in [6.45, 7) is 8.93. The van der Waals surface area contributed by atoms with E-state index in [4.69, 9.17) is 4.74 Å². The van der Waals surface area contributed by atoms with Gasteiger partial charge < -0.3 is 9.64 Å². The van der Waals surface area contributed by atoms with Crippen molar-refractivity contribution in [3.05, 3.63) is 18.0 Å². The van der Waals surface area contributed by atoms with Crippen LogP contribution < -0.4 is 0 Å². The zero-order chi connectivity index (χ0) is 16.9. The Hall–Kier alpha value is -0.910. The normalized spacial score (nSPS) is 27.0. The van der Waals surface area contributed by atoms with Gasteiger partial charge in [-0.2, -0.15) is 5.10 Å². The second-order valence-electron chi connectivity index (χ2n) is 7.70. The highest BCUT2D eigenvalue weighted by molar-refractivity contribution is 5.13. The maximum Gasteiger partial charge on any atom is 0.0537 e. The van der Waals surface area contributed by atoms with E-state index in [1.807, 2.05) is 11.7 Å². The average molecular weight is 335 g/mol. The van der Waals surface area contributed by atoms with E-state index in [1.165, 1.54) is 50.9 Å². The number of rotatable bonds is 6. The summed E-state index contributed by atoms with van der Waals surface area (Å²) in [5, 5.41) is 4.43. The van der Waals surface area contributed by atoms with Gasteiger partial charge in [-0.15, -0.1) is 0 Å². The summed E-state index contributed by atoms with van der Waals surface area (Å²) in [6, 6.07) is 0.523. The third kappa shape index (κ3) is 4.38. The maximum atomic E-state index is 5.50. The zero-order valence-electron chi connectivity index (χ0n) is 15.7. The van der Waals surface area contributed by atoms with E-state index < -0.39 is 0 Å². The lowest BCUT2D eigenvalue weighted by atomic mass is 9.85. The van der Waals surface area contributed by atoms with Crippen LogP contribution in [0.5, 0.6) is 0 Å². The van der Waals surface area contributed by atoms with Gasteiger partial charge in [0.1, 0.15) is 0 Å². The van der Waals surface area contributed by atoms with Crippen LogP contribution in [-0.2, 0) is 11.8 Å². The van der Waals surface area contributed by atoms with Crippen molar-refractivity contribution in [3.63, 3.8) is 0 Å². The van der Waals surface area contributed by atoms with Crippen molar-refractivity contribution in [3.8, 4) is 0 Å². The number of likely N-dealkylation sites (tertiary alicyclic amines) is 1. The standard InChI is InChI=1S/C19H34N4O/c1-4-23-9-5-6-17(19(23)18-12-20-22(3)15-18)14-21(2)13-16-7-10-24-11-8-16/h12,15-17,19H,4-11,13-14H2,1-3H3/t17-,19+/m0/s1. The molecule has 0 radical (unpaired) electrons. The molecule has 1 aromatic rings. The molecule has 3 rings (SSSR count). The molecule has 5 nitrogen and oxygen atoms in total. The summed E-state index contributed by atoms with van der Waals surface area (Å²) < 4.78 is 7.45. The van der Waals surface area contributed by atoms with E-state index in [9.17, 15) is 0 Å². The molecule has 2 saturated heterocycles. The van der Waals surface area contributed by atoms with Crippen molar-refractivity contribution < 1.29 is 4.74 Å². The van der Waals surface area contributed by atoms with Crippen LogP contribution in [0.4, 0.5) is 0 Å². The van der Waals surface area contributed by atoms with Crippen LogP contribution in [0, 0.1) is 11.8 Å². The molecule has 2 aliphatic rings. The van der Waals surface area contributed by atoms with Crippen molar-refractivity contribution >= 4 is 0 Å². The third-order valence-electron chi connectivity index (χ3n) is 5.79. The highest BCUT2D eigenvalue weighted by atomic mass is 16.5. The van der Waals surface area contributed by atoms with Gasteiger partial charge in [-0.05, 0) is 57.7 Å². The molecule has 2 aliphatic heterocycles. The van der Waals surface area contributed by atoms with Crippen LogP contribution >= 0.6 is 0 Å². The van der Waals surface area contributed by atoms with Crippen LogP contribution in [0.3, 0.4) is 0 Å². The first-order chi connectivity index (χ1) is 11.7. The Morgan fingerprint density at radius 2 is 2.04 bits per heavy atom. The van der Waals surface area contributed by atoms with E-state index in [2.05, 4.69) is 41.3 Å². The summed E-state index contributed by atoms with van der Waals surface area (Å²) >= 11 is 0. The van der Waals surface area contributed by atoms with Crippen LogP contribution in [0.15, 0.2) is 12.4 Å². The maximum absolute atomic E-state index is 5.50. The van der Waals surface area contributed by atoms with Gasteiger partial charge in [0, 0.05) is 51.2 Å². The molecule has 3 heterocycles. The van der Waals surface area contributed by atoms with Crippen molar-refractivity contribution in [1.82, 2.24) is 19.6 Å². The first-order valence-corrected chi connectivity index (χ1v) is 9.66. The van der Waals surface area contributed by atoms with E-state index in [1.54, 1.807) is 0 Å². The van der Waals surface area contributed by atoms with Crippen LogP contribution in [-0.4, -0.2) is 66.0 Å². The minimum atomic E-state index is 0.523. The lowest BCUT2D eigenvalue weighted by Gasteiger charge is -2.42. The minimum Gasteiger partial charge on any atom is -0.381 e. The highest BCUT2D eigenvalue weighted by Crippen LogP contribution is 2.36. The van der Waals surface area contributed by atoms with E-state index >= 15 is 0 Å². The molecule has 24 heavy (non-hydrogen) atoms. The molecule has 136 valence electrons. The van der Waals surface area contributed by atoms with Crippen molar-refractivity contribution in [2.24, 2.45) is 18.9 Å². The van der Waals surface area contributed by atoms with Gasteiger partial charge in [-0.3, -0.25) is 9.58 Å². The summed E-state index contributed by atoms with van der Waals surface area (Å²) in [5.74, 6) is 1.51. The number of aromatic nitrogens is 2. The van der Waals surface area contributed by atoms with Gasteiger partial charge in [0.2, 0.25) is 0 Å². The van der Waals surface area contributed by atoms with Crippen LogP contribution in [0.2, 0.25) is 0 Å². The number of nitrogens with zero attached hydrogens (tertiary/aromatic N) is 4. The second kappa shape index (κ2) is 8.45. The Bertz CT molecular complexity index is 497. The highest BCUT2D eigenvalue weighted by Gasteiger charge is 2.33. The van der Waals surface area contributed by atoms with E-state index in [0.29, 0.717) is 12.0 Å². The second-order valence-corrected chi connectivity index (χ2v) is 7.70. The molecule has 5 heteroatoms. The lowest BCUT2D eigenvalue weighted by Crippen LogP contribution is -2.43. The fourth-order valence-corrected chi connectivity index (χ4v) is 4.62. The SMILES string of the molecule is CCN1CCC[C@@H](CN(C)CC2CCOCC2)[C@@H]1c1cnn(C)c1. The molecule has 0 aliphatic carbocycles. The van der Waals surface area contributed by atoms with Crippen molar-refractivity contribution in [2.75, 3.05) is 46.4 Å². The molecule has 0 saturated carbocycles. The third-order valence-corrected chi connectivity index (χ3v) is 5.79. The molecule has 0 N–H and O–H groups in total. The molecule has 0 aromatic carbocycles. The first-order valence-electron chi connectivity index (χ1n) is 9.66. The van der Waals surface area contributed by atoms with Gasteiger partial charge in [-0.1, -0.05) is 6.92 Å². The number of hydrogen-bond acceptors (Lipinski definition) is 4. The number of piperidine rings is 1. The van der Waals surface area contributed by atoms with Crippen LogP contribution in [0.1, 0.15) is 44.2 Å². The van der Waals surface area contributed by atoms with E-state index in [0.717, 1.165) is 25.7 Å². The summed E-state index contributed by atoms with van der Waals surface area (Å²) in [4.78, 5) is 5.22. The Kier molecular flexibility index (Phi) is 6.31. The average Bonchev–Trinajstić information content (AvgIpc) is 3.01. The molecule has 0 unspecified atom stereocenters. The van der Waals surface area contributed by atoms with Gasteiger partial charge in [0.05, 0.1) is 6.20 Å². The van der Waals surface area contributed by atoms with Gasteiger partial charge >= 0.3 is 0 Å². The molecular formula is C19H34N4O. The topological polar surface area (TPSA) is 33.5 Å². The summed E-state index contributed by atoms with van der Waals surface area (Å²) in [5.41, 5.74) is 1.39. The molecule has 0 amide bonds. The predicted molar refractivity (Wildman–Crippen MR) is 97.0 cm³/mol. The fourth-order valence-electron chi connectivity index (χ4n) is 4.62. The van der Waals surface area contributed by atoms with Gasteiger partial charge in [0.15, 0.2) is 0 Å². The largest absolute Gasteiger partial charge is 0.381 e. The fraction of sp³-hybridized carbons (Fsp3) is 0.842. The van der Waals surface area contributed by atoms with E-state index in [-0.39, 0.29) is 0 Å². The predicted octanol–water partition coefficient (Wildman–Crippen LogP) is 2.55. The molecule has 0 spiro atoms. The van der Waals surface area contributed by atoms with Gasteiger partial charge in [-0.25, -0.2) is 0 Å². The first kappa shape index (κ1) is 17.9.